The monoisotopic (exact) mass is 273 g/mol. The number of rotatable bonds is 5. The van der Waals surface area contributed by atoms with Gasteiger partial charge in [-0.2, -0.15) is 0 Å². The van der Waals surface area contributed by atoms with E-state index in [1.807, 2.05) is 0 Å². The highest BCUT2D eigenvalue weighted by atomic mass is 19.1. The van der Waals surface area contributed by atoms with Crippen molar-refractivity contribution in [1.82, 2.24) is 5.32 Å². The van der Waals surface area contributed by atoms with Crippen LogP contribution in [0.5, 0.6) is 0 Å². The van der Waals surface area contributed by atoms with E-state index in [2.05, 4.69) is 5.32 Å². The van der Waals surface area contributed by atoms with Gasteiger partial charge < -0.3 is 15.5 Å². The second-order valence-electron chi connectivity index (χ2n) is 4.49. The third-order valence-electron chi connectivity index (χ3n) is 3.15. The summed E-state index contributed by atoms with van der Waals surface area (Å²) >= 11 is 0. The smallest absolute Gasteiger partial charge is 0.254 e. The van der Waals surface area contributed by atoms with Crippen molar-refractivity contribution in [2.24, 2.45) is 0 Å². The molecule has 4 nitrogen and oxygen atoms in total. The number of nitrogens with one attached hydrogen (secondary N) is 1. The Labute approximate surface area is 110 Å². The zero-order valence-electron chi connectivity index (χ0n) is 10.8. The Bertz CT molecular complexity index is 465. The van der Waals surface area contributed by atoms with Crippen molar-refractivity contribution in [2.75, 3.05) is 13.2 Å². The van der Waals surface area contributed by atoms with E-state index in [9.17, 15) is 23.8 Å². The van der Waals surface area contributed by atoms with Crippen LogP contribution in [0.3, 0.4) is 0 Å². The average molecular weight is 273 g/mol. The van der Waals surface area contributed by atoms with Gasteiger partial charge in [0.15, 0.2) is 0 Å². The maximum Gasteiger partial charge on any atom is 0.254 e. The van der Waals surface area contributed by atoms with Gasteiger partial charge in [0.1, 0.15) is 11.6 Å². The van der Waals surface area contributed by atoms with Crippen LogP contribution in [-0.4, -0.2) is 34.9 Å². The molecule has 0 fully saturated rings. The van der Waals surface area contributed by atoms with Crippen LogP contribution in [0.4, 0.5) is 8.78 Å². The van der Waals surface area contributed by atoms with Gasteiger partial charge in [0.05, 0.1) is 24.3 Å². The average Bonchev–Trinajstić information content (AvgIpc) is 2.40. The summed E-state index contributed by atoms with van der Waals surface area (Å²) in [6, 6.07) is 1.73. The third-order valence-corrected chi connectivity index (χ3v) is 3.15. The fourth-order valence-corrected chi connectivity index (χ4v) is 1.57. The predicted molar refractivity (Wildman–Crippen MR) is 65.8 cm³/mol. The summed E-state index contributed by atoms with van der Waals surface area (Å²) < 4.78 is 27.0. The first-order chi connectivity index (χ1) is 8.89. The molecule has 0 aliphatic carbocycles. The molecule has 0 aromatic heterocycles. The van der Waals surface area contributed by atoms with Gasteiger partial charge in [-0.15, -0.1) is 0 Å². The Morgan fingerprint density at radius 1 is 1.26 bits per heavy atom. The van der Waals surface area contributed by atoms with E-state index in [0.717, 1.165) is 12.1 Å². The summed E-state index contributed by atoms with van der Waals surface area (Å²) in [6.07, 6.45) is 0.252. The molecular formula is C13H17F2NO3. The first kappa shape index (κ1) is 15.5. The van der Waals surface area contributed by atoms with E-state index in [4.69, 9.17) is 0 Å². The Morgan fingerprint density at radius 2 is 1.84 bits per heavy atom. The number of amides is 1. The zero-order valence-corrected chi connectivity index (χ0v) is 10.8. The van der Waals surface area contributed by atoms with Crippen molar-refractivity contribution in [3.05, 3.63) is 34.9 Å². The molecule has 106 valence electrons. The number of halogens is 2. The molecule has 0 saturated heterocycles. The molecule has 0 unspecified atom stereocenters. The summed E-state index contributed by atoms with van der Waals surface area (Å²) in [5.41, 5.74) is -1.60. The number of benzene rings is 1. The minimum atomic E-state index is -1.25. The number of carbonyl (C=O) groups is 1. The van der Waals surface area contributed by atoms with E-state index >= 15 is 0 Å². The molecule has 0 saturated carbocycles. The quantitative estimate of drug-likeness (QED) is 0.753. The standard InChI is InChI=1S/C13H17F2NO3/c1-3-13(6-17,7-18)16-12(19)9-5-10(14)8(2)4-11(9)15/h4-5,17-18H,3,6-7H2,1-2H3,(H,16,19). The fourth-order valence-electron chi connectivity index (χ4n) is 1.57. The molecule has 0 bridgehead atoms. The van der Waals surface area contributed by atoms with E-state index in [1.165, 1.54) is 6.92 Å². The maximum absolute atomic E-state index is 13.6. The second kappa shape index (κ2) is 6.08. The van der Waals surface area contributed by atoms with Crippen molar-refractivity contribution >= 4 is 5.91 Å². The van der Waals surface area contributed by atoms with E-state index < -0.39 is 41.9 Å². The van der Waals surface area contributed by atoms with Gasteiger partial charge in [-0.25, -0.2) is 8.78 Å². The minimum Gasteiger partial charge on any atom is -0.394 e. The van der Waals surface area contributed by atoms with Crippen LogP contribution in [0.25, 0.3) is 0 Å². The van der Waals surface area contributed by atoms with Crippen molar-refractivity contribution in [3.63, 3.8) is 0 Å². The molecule has 0 radical (unpaired) electrons. The lowest BCUT2D eigenvalue weighted by molar-refractivity contribution is 0.0649. The molecule has 0 atom stereocenters. The van der Waals surface area contributed by atoms with E-state index in [0.29, 0.717) is 0 Å². The van der Waals surface area contributed by atoms with Crippen LogP contribution in [0.2, 0.25) is 0 Å². The lowest BCUT2D eigenvalue weighted by atomic mass is 9.97. The van der Waals surface area contributed by atoms with Gasteiger partial charge in [0.2, 0.25) is 0 Å². The number of carbonyl (C=O) groups excluding carboxylic acids is 1. The highest BCUT2D eigenvalue weighted by molar-refractivity contribution is 5.95. The SMILES string of the molecule is CCC(CO)(CO)NC(=O)c1cc(F)c(C)cc1F. The summed E-state index contributed by atoms with van der Waals surface area (Å²) in [5.74, 6) is -2.42. The molecule has 19 heavy (non-hydrogen) atoms. The van der Waals surface area contributed by atoms with Gasteiger partial charge in [-0.1, -0.05) is 6.92 Å². The first-order valence-corrected chi connectivity index (χ1v) is 5.89. The number of hydrogen-bond acceptors (Lipinski definition) is 3. The largest absolute Gasteiger partial charge is 0.394 e. The predicted octanol–water partition coefficient (Wildman–Crippen LogP) is 1.14. The molecule has 0 heterocycles. The van der Waals surface area contributed by atoms with Crippen LogP contribution in [-0.2, 0) is 0 Å². The molecule has 1 amide bonds. The van der Waals surface area contributed by atoms with Crippen LogP contribution < -0.4 is 5.32 Å². The van der Waals surface area contributed by atoms with Gasteiger partial charge >= 0.3 is 0 Å². The number of hydrogen-bond donors (Lipinski definition) is 3. The molecule has 1 aromatic carbocycles. The molecule has 0 spiro atoms. The van der Waals surface area contributed by atoms with Crippen LogP contribution >= 0.6 is 0 Å². The highest BCUT2D eigenvalue weighted by Gasteiger charge is 2.30. The van der Waals surface area contributed by atoms with Crippen LogP contribution in [0.15, 0.2) is 12.1 Å². The Morgan fingerprint density at radius 3 is 2.32 bits per heavy atom. The van der Waals surface area contributed by atoms with Crippen molar-refractivity contribution in [3.8, 4) is 0 Å². The Balaban J connectivity index is 3.04. The van der Waals surface area contributed by atoms with E-state index in [1.54, 1.807) is 6.92 Å². The van der Waals surface area contributed by atoms with Crippen LogP contribution in [0.1, 0.15) is 29.3 Å². The molecule has 6 heteroatoms. The molecular weight excluding hydrogens is 256 g/mol. The number of aryl methyl sites for hydroxylation is 1. The summed E-state index contributed by atoms with van der Waals surface area (Å²) in [6.45, 7) is 2.04. The van der Waals surface area contributed by atoms with Gasteiger partial charge in [0, 0.05) is 0 Å². The second-order valence-corrected chi connectivity index (χ2v) is 4.49. The van der Waals surface area contributed by atoms with Crippen molar-refractivity contribution in [2.45, 2.75) is 25.8 Å². The summed E-state index contributed by atoms with van der Waals surface area (Å²) in [5, 5.41) is 20.7. The molecule has 1 aromatic rings. The van der Waals surface area contributed by atoms with Crippen molar-refractivity contribution < 1.29 is 23.8 Å². The lowest BCUT2D eigenvalue weighted by Gasteiger charge is -2.29. The first-order valence-electron chi connectivity index (χ1n) is 5.89. The summed E-state index contributed by atoms with van der Waals surface area (Å²) in [7, 11) is 0. The molecule has 1 rings (SSSR count). The van der Waals surface area contributed by atoms with Gasteiger partial charge in [-0.05, 0) is 31.0 Å². The Kier molecular flexibility index (Phi) is 4.97. The van der Waals surface area contributed by atoms with Crippen LogP contribution in [0, 0.1) is 18.6 Å². The Hall–Kier alpha value is -1.53. The van der Waals surface area contributed by atoms with E-state index in [-0.39, 0.29) is 12.0 Å². The normalized spacial score (nSPS) is 11.5. The third kappa shape index (κ3) is 3.27. The van der Waals surface area contributed by atoms with Crippen molar-refractivity contribution in [1.29, 1.82) is 0 Å². The van der Waals surface area contributed by atoms with Gasteiger partial charge in [0.25, 0.3) is 5.91 Å². The molecule has 0 aliphatic rings. The number of aliphatic hydroxyl groups is 2. The number of aliphatic hydroxyl groups excluding tert-OH is 2. The molecule has 0 aliphatic heterocycles. The minimum absolute atomic E-state index is 0.0973. The maximum atomic E-state index is 13.6. The lowest BCUT2D eigenvalue weighted by Crippen LogP contribution is -2.54. The fraction of sp³-hybridized carbons (Fsp3) is 0.462. The zero-order chi connectivity index (χ0) is 14.6. The van der Waals surface area contributed by atoms with Gasteiger partial charge in [-0.3, -0.25) is 4.79 Å². The molecule has 3 N–H and O–H groups in total. The summed E-state index contributed by atoms with van der Waals surface area (Å²) in [4.78, 5) is 11.9. The highest BCUT2D eigenvalue weighted by Crippen LogP contribution is 2.16. The topological polar surface area (TPSA) is 69.6 Å².